The zero-order chi connectivity index (χ0) is 19.2. The second-order valence-corrected chi connectivity index (χ2v) is 7.44. The maximum absolute atomic E-state index is 12.4. The molecular formula is C20H22Cl2N2O2. The van der Waals surface area contributed by atoms with Crippen molar-refractivity contribution in [1.29, 1.82) is 0 Å². The fraction of sp³-hybridized carbons (Fsp3) is 0.300. The highest BCUT2D eigenvalue weighted by Crippen LogP contribution is 2.17. The van der Waals surface area contributed by atoms with Gasteiger partial charge in [-0.05, 0) is 55.7 Å². The molecule has 2 N–H and O–H groups in total. The molecule has 2 amide bonds. The zero-order valence-corrected chi connectivity index (χ0v) is 16.3. The maximum atomic E-state index is 12.4. The SMILES string of the molecule is CC(C)(C(=O)NCCc1cccc(Cl)c1)C(=O)NCc1ccc(Cl)cc1. The number of benzene rings is 2. The summed E-state index contributed by atoms with van der Waals surface area (Å²) >= 11 is 11.8. The molecule has 0 spiro atoms. The van der Waals surface area contributed by atoms with Gasteiger partial charge >= 0.3 is 0 Å². The van der Waals surface area contributed by atoms with E-state index < -0.39 is 5.41 Å². The predicted octanol–water partition coefficient (Wildman–Crippen LogP) is 3.99. The average molecular weight is 393 g/mol. The Hall–Kier alpha value is -2.04. The van der Waals surface area contributed by atoms with Crippen LogP contribution in [0.3, 0.4) is 0 Å². The first kappa shape index (κ1) is 20.3. The lowest BCUT2D eigenvalue weighted by molar-refractivity contribution is -0.141. The van der Waals surface area contributed by atoms with Crippen molar-refractivity contribution in [1.82, 2.24) is 10.6 Å². The molecule has 0 bridgehead atoms. The molecule has 0 aliphatic carbocycles. The Kier molecular flexibility index (Phi) is 7.06. The molecule has 0 saturated carbocycles. The summed E-state index contributed by atoms with van der Waals surface area (Å²) in [5.74, 6) is -0.638. The second-order valence-electron chi connectivity index (χ2n) is 6.57. The molecular weight excluding hydrogens is 371 g/mol. The summed E-state index contributed by atoms with van der Waals surface area (Å²) in [4.78, 5) is 24.8. The number of carbonyl (C=O) groups is 2. The van der Waals surface area contributed by atoms with Gasteiger partial charge in [-0.25, -0.2) is 0 Å². The van der Waals surface area contributed by atoms with Crippen LogP contribution in [0.4, 0.5) is 0 Å². The summed E-state index contributed by atoms with van der Waals surface area (Å²) < 4.78 is 0. The third kappa shape index (κ3) is 5.75. The third-order valence-electron chi connectivity index (χ3n) is 4.09. The van der Waals surface area contributed by atoms with E-state index >= 15 is 0 Å². The van der Waals surface area contributed by atoms with E-state index in [2.05, 4.69) is 10.6 Å². The van der Waals surface area contributed by atoms with E-state index in [9.17, 15) is 9.59 Å². The second kappa shape index (κ2) is 9.06. The van der Waals surface area contributed by atoms with Crippen molar-refractivity contribution in [3.63, 3.8) is 0 Å². The van der Waals surface area contributed by atoms with Crippen LogP contribution in [0.25, 0.3) is 0 Å². The lowest BCUT2D eigenvalue weighted by Crippen LogP contribution is -2.48. The lowest BCUT2D eigenvalue weighted by atomic mass is 9.91. The summed E-state index contributed by atoms with van der Waals surface area (Å²) in [6.07, 6.45) is 0.648. The largest absolute Gasteiger partial charge is 0.355 e. The average Bonchev–Trinajstić information content (AvgIpc) is 2.60. The first-order valence-electron chi connectivity index (χ1n) is 8.34. The van der Waals surface area contributed by atoms with E-state index in [1.807, 2.05) is 30.3 Å². The Labute approximate surface area is 163 Å². The van der Waals surface area contributed by atoms with Gasteiger partial charge in [0.05, 0.1) is 0 Å². The molecule has 2 aromatic rings. The molecule has 0 saturated heterocycles. The van der Waals surface area contributed by atoms with Gasteiger partial charge in [0, 0.05) is 23.1 Å². The minimum Gasteiger partial charge on any atom is -0.355 e. The Morgan fingerprint density at radius 1 is 0.885 bits per heavy atom. The molecule has 0 aromatic heterocycles. The molecule has 0 radical (unpaired) electrons. The van der Waals surface area contributed by atoms with Gasteiger partial charge in [-0.2, -0.15) is 0 Å². The van der Waals surface area contributed by atoms with Crippen LogP contribution in [0.15, 0.2) is 48.5 Å². The summed E-state index contributed by atoms with van der Waals surface area (Å²) in [6, 6.07) is 14.7. The van der Waals surface area contributed by atoms with E-state index in [0.717, 1.165) is 11.1 Å². The van der Waals surface area contributed by atoms with Gasteiger partial charge in [-0.3, -0.25) is 9.59 Å². The quantitative estimate of drug-likeness (QED) is 0.699. The van der Waals surface area contributed by atoms with Gasteiger partial charge < -0.3 is 10.6 Å². The van der Waals surface area contributed by atoms with Crippen LogP contribution in [-0.4, -0.2) is 18.4 Å². The number of hydrogen-bond donors (Lipinski definition) is 2. The molecule has 0 heterocycles. The van der Waals surface area contributed by atoms with Crippen LogP contribution in [0.2, 0.25) is 10.0 Å². The predicted molar refractivity (Wildman–Crippen MR) is 105 cm³/mol. The zero-order valence-electron chi connectivity index (χ0n) is 14.8. The molecule has 2 rings (SSSR count). The van der Waals surface area contributed by atoms with E-state index in [1.54, 1.807) is 32.0 Å². The summed E-state index contributed by atoms with van der Waals surface area (Å²) in [6.45, 7) is 4.00. The standard InChI is InChI=1S/C20H22Cl2N2O2/c1-20(2,19(26)24-13-15-6-8-16(21)9-7-15)18(25)23-11-10-14-4-3-5-17(22)12-14/h3-9,12H,10-11,13H2,1-2H3,(H,23,25)(H,24,26). The van der Waals surface area contributed by atoms with E-state index in [-0.39, 0.29) is 11.8 Å². The molecule has 138 valence electrons. The van der Waals surface area contributed by atoms with Gasteiger partial charge in [-0.1, -0.05) is 47.5 Å². The molecule has 0 aliphatic rings. The van der Waals surface area contributed by atoms with Crippen molar-refractivity contribution < 1.29 is 9.59 Å². The summed E-state index contributed by atoms with van der Waals surface area (Å²) in [7, 11) is 0. The summed E-state index contributed by atoms with van der Waals surface area (Å²) in [5, 5.41) is 6.91. The molecule has 0 aliphatic heterocycles. The molecule has 0 unspecified atom stereocenters. The van der Waals surface area contributed by atoms with Crippen LogP contribution in [-0.2, 0) is 22.6 Å². The summed E-state index contributed by atoms with van der Waals surface area (Å²) in [5.41, 5.74) is 0.781. The Bertz CT molecular complexity index is 774. The van der Waals surface area contributed by atoms with Crippen molar-refractivity contribution in [2.24, 2.45) is 5.41 Å². The highest BCUT2D eigenvalue weighted by atomic mass is 35.5. The van der Waals surface area contributed by atoms with E-state index in [0.29, 0.717) is 29.6 Å². The van der Waals surface area contributed by atoms with Crippen molar-refractivity contribution in [3.8, 4) is 0 Å². The maximum Gasteiger partial charge on any atom is 0.235 e. The monoisotopic (exact) mass is 392 g/mol. The molecule has 0 atom stereocenters. The van der Waals surface area contributed by atoms with Crippen molar-refractivity contribution in [3.05, 3.63) is 69.7 Å². The molecule has 4 nitrogen and oxygen atoms in total. The first-order chi connectivity index (χ1) is 12.3. The number of hydrogen-bond acceptors (Lipinski definition) is 2. The van der Waals surface area contributed by atoms with Crippen LogP contribution in [0.5, 0.6) is 0 Å². The number of amides is 2. The van der Waals surface area contributed by atoms with Crippen LogP contribution < -0.4 is 10.6 Å². The van der Waals surface area contributed by atoms with Crippen molar-refractivity contribution in [2.45, 2.75) is 26.8 Å². The smallest absolute Gasteiger partial charge is 0.235 e. The van der Waals surface area contributed by atoms with Gasteiger partial charge in [0.1, 0.15) is 5.41 Å². The Morgan fingerprint density at radius 3 is 2.19 bits per heavy atom. The van der Waals surface area contributed by atoms with Crippen molar-refractivity contribution >= 4 is 35.0 Å². The van der Waals surface area contributed by atoms with Crippen LogP contribution >= 0.6 is 23.2 Å². The van der Waals surface area contributed by atoms with Crippen LogP contribution in [0, 0.1) is 5.41 Å². The molecule has 26 heavy (non-hydrogen) atoms. The number of carbonyl (C=O) groups excluding carboxylic acids is 2. The van der Waals surface area contributed by atoms with E-state index in [1.165, 1.54) is 0 Å². The van der Waals surface area contributed by atoms with Gasteiger partial charge in [0.2, 0.25) is 11.8 Å². The fourth-order valence-electron chi connectivity index (χ4n) is 2.34. The highest BCUT2D eigenvalue weighted by molar-refractivity contribution is 6.30. The van der Waals surface area contributed by atoms with Crippen LogP contribution in [0.1, 0.15) is 25.0 Å². The topological polar surface area (TPSA) is 58.2 Å². The normalized spacial score (nSPS) is 11.1. The molecule has 2 aromatic carbocycles. The third-order valence-corrected chi connectivity index (χ3v) is 4.58. The number of rotatable bonds is 7. The number of nitrogens with one attached hydrogen (secondary N) is 2. The molecule has 0 fully saturated rings. The van der Waals surface area contributed by atoms with E-state index in [4.69, 9.17) is 23.2 Å². The fourth-order valence-corrected chi connectivity index (χ4v) is 2.68. The highest BCUT2D eigenvalue weighted by Gasteiger charge is 2.35. The molecule has 6 heteroatoms. The Morgan fingerprint density at radius 2 is 1.54 bits per heavy atom. The van der Waals surface area contributed by atoms with Gasteiger partial charge in [0.25, 0.3) is 0 Å². The first-order valence-corrected chi connectivity index (χ1v) is 9.10. The van der Waals surface area contributed by atoms with Gasteiger partial charge in [0.15, 0.2) is 0 Å². The van der Waals surface area contributed by atoms with Crippen molar-refractivity contribution in [2.75, 3.05) is 6.54 Å². The minimum absolute atomic E-state index is 0.312. The number of halogens is 2. The Balaban J connectivity index is 1.83. The lowest BCUT2D eigenvalue weighted by Gasteiger charge is -2.22. The minimum atomic E-state index is -1.17. The van der Waals surface area contributed by atoms with Gasteiger partial charge in [-0.15, -0.1) is 0 Å².